The third kappa shape index (κ3) is 3.58. The molecule has 0 aromatic heterocycles. The second-order valence-electron chi connectivity index (χ2n) is 5.03. The summed E-state index contributed by atoms with van der Waals surface area (Å²) in [5, 5.41) is 2.62. The van der Waals surface area contributed by atoms with Crippen molar-refractivity contribution >= 4 is 15.9 Å². The number of amides is 1. The van der Waals surface area contributed by atoms with Gasteiger partial charge in [0.25, 0.3) is 0 Å². The van der Waals surface area contributed by atoms with Gasteiger partial charge >= 0.3 is 0 Å². The molecule has 6 heteroatoms. The van der Waals surface area contributed by atoms with Gasteiger partial charge in [0.05, 0.1) is 5.75 Å². The van der Waals surface area contributed by atoms with Gasteiger partial charge < -0.3 is 5.32 Å². The second-order valence-corrected chi connectivity index (χ2v) is 7.00. The van der Waals surface area contributed by atoms with E-state index in [1.165, 1.54) is 4.31 Å². The second kappa shape index (κ2) is 6.37. The van der Waals surface area contributed by atoms with Crippen molar-refractivity contribution in [1.82, 2.24) is 9.62 Å². The van der Waals surface area contributed by atoms with Crippen molar-refractivity contribution in [3.05, 3.63) is 35.9 Å². The quantitative estimate of drug-likeness (QED) is 0.900. The summed E-state index contributed by atoms with van der Waals surface area (Å²) in [6.07, 6.45) is 1.18. The van der Waals surface area contributed by atoms with Gasteiger partial charge in [0.2, 0.25) is 15.9 Å². The molecule has 1 heterocycles. The highest BCUT2D eigenvalue weighted by atomic mass is 32.2. The van der Waals surface area contributed by atoms with Crippen LogP contribution >= 0.6 is 0 Å². The molecule has 1 aromatic rings. The SMILES string of the molecule is CNC(=O)C1CCN(S(=O)(=O)Cc2ccccc2)CC1. The Labute approximate surface area is 120 Å². The number of hydrogen-bond acceptors (Lipinski definition) is 3. The van der Waals surface area contributed by atoms with E-state index in [0.717, 1.165) is 5.56 Å². The fourth-order valence-electron chi connectivity index (χ4n) is 2.48. The molecule has 110 valence electrons. The molecule has 1 saturated heterocycles. The Kier molecular flexibility index (Phi) is 4.77. The van der Waals surface area contributed by atoms with Crippen molar-refractivity contribution in [3.63, 3.8) is 0 Å². The smallest absolute Gasteiger partial charge is 0.222 e. The number of carbonyl (C=O) groups is 1. The van der Waals surface area contributed by atoms with Gasteiger partial charge in [-0.1, -0.05) is 30.3 Å². The van der Waals surface area contributed by atoms with Crippen molar-refractivity contribution in [1.29, 1.82) is 0 Å². The molecule has 0 unspecified atom stereocenters. The molecular formula is C14H20N2O3S. The minimum atomic E-state index is -3.29. The first-order valence-electron chi connectivity index (χ1n) is 6.76. The Morgan fingerprint density at radius 2 is 1.85 bits per heavy atom. The van der Waals surface area contributed by atoms with E-state index in [-0.39, 0.29) is 17.6 Å². The van der Waals surface area contributed by atoms with E-state index in [4.69, 9.17) is 0 Å². The van der Waals surface area contributed by atoms with Crippen LogP contribution in [0.3, 0.4) is 0 Å². The molecular weight excluding hydrogens is 276 g/mol. The van der Waals surface area contributed by atoms with Gasteiger partial charge in [-0.3, -0.25) is 4.79 Å². The standard InChI is InChI=1S/C14H20N2O3S/c1-15-14(17)13-7-9-16(10-8-13)20(18,19)11-12-5-3-2-4-6-12/h2-6,13H,7-11H2,1H3,(H,15,17). The van der Waals surface area contributed by atoms with Gasteiger partial charge in [-0.25, -0.2) is 12.7 Å². The summed E-state index contributed by atoms with van der Waals surface area (Å²) in [6.45, 7) is 0.848. The first-order chi connectivity index (χ1) is 9.53. The Balaban J connectivity index is 1.97. The molecule has 0 radical (unpaired) electrons. The molecule has 1 aliphatic heterocycles. The molecule has 0 spiro atoms. The first kappa shape index (κ1) is 15.0. The Hall–Kier alpha value is -1.40. The monoisotopic (exact) mass is 296 g/mol. The maximum atomic E-state index is 12.3. The van der Waals surface area contributed by atoms with Crippen LogP contribution in [0.1, 0.15) is 18.4 Å². The van der Waals surface area contributed by atoms with Gasteiger partial charge in [0.1, 0.15) is 0 Å². The third-order valence-corrected chi connectivity index (χ3v) is 5.51. The van der Waals surface area contributed by atoms with Crippen molar-refractivity contribution in [3.8, 4) is 0 Å². The number of sulfonamides is 1. The van der Waals surface area contributed by atoms with Gasteiger partial charge in [0, 0.05) is 26.1 Å². The number of nitrogens with zero attached hydrogens (tertiary/aromatic N) is 1. The van der Waals surface area contributed by atoms with Crippen LogP contribution in [0.2, 0.25) is 0 Å². The summed E-state index contributed by atoms with van der Waals surface area (Å²) in [6, 6.07) is 9.17. The maximum absolute atomic E-state index is 12.3. The summed E-state index contributed by atoms with van der Waals surface area (Å²) >= 11 is 0. The van der Waals surface area contributed by atoms with Crippen molar-refractivity contribution in [2.24, 2.45) is 5.92 Å². The van der Waals surface area contributed by atoms with Crippen LogP contribution in [0.4, 0.5) is 0 Å². The van der Waals surface area contributed by atoms with Gasteiger partial charge in [0.15, 0.2) is 0 Å². The molecule has 0 saturated carbocycles. The lowest BCUT2D eigenvalue weighted by Crippen LogP contribution is -2.42. The highest BCUT2D eigenvalue weighted by Crippen LogP contribution is 2.21. The topological polar surface area (TPSA) is 66.5 Å². The van der Waals surface area contributed by atoms with Crippen LogP contribution in [0.25, 0.3) is 0 Å². The van der Waals surface area contributed by atoms with E-state index in [0.29, 0.717) is 25.9 Å². The summed E-state index contributed by atoms with van der Waals surface area (Å²) in [5.74, 6) is -0.0355. The lowest BCUT2D eigenvalue weighted by Gasteiger charge is -2.30. The minimum Gasteiger partial charge on any atom is -0.359 e. The summed E-state index contributed by atoms with van der Waals surface area (Å²) in [7, 11) is -1.68. The predicted octanol–water partition coefficient (Wildman–Crippen LogP) is 0.974. The van der Waals surface area contributed by atoms with Crippen LogP contribution in [0.15, 0.2) is 30.3 Å². The Bertz CT molecular complexity index is 549. The molecule has 1 fully saturated rings. The number of hydrogen-bond donors (Lipinski definition) is 1. The average Bonchev–Trinajstić information content (AvgIpc) is 2.47. The van der Waals surface area contributed by atoms with E-state index < -0.39 is 10.0 Å². The van der Waals surface area contributed by atoms with E-state index >= 15 is 0 Å². The Morgan fingerprint density at radius 3 is 2.40 bits per heavy atom. The summed E-state index contributed by atoms with van der Waals surface area (Å²) in [4.78, 5) is 11.5. The molecule has 0 atom stereocenters. The molecule has 0 bridgehead atoms. The van der Waals surface area contributed by atoms with Crippen molar-refractivity contribution in [2.75, 3.05) is 20.1 Å². The van der Waals surface area contributed by atoms with Crippen LogP contribution < -0.4 is 5.32 Å². The van der Waals surface area contributed by atoms with Crippen molar-refractivity contribution in [2.45, 2.75) is 18.6 Å². The molecule has 5 nitrogen and oxygen atoms in total. The normalized spacial score (nSPS) is 17.9. The molecule has 1 aliphatic rings. The molecule has 20 heavy (non-hydrogen) atoms. The third-order valence-electron chi connectivity index (χ3n) is 3.66. The molecule has 1 aromatic carbocycles. The van der Waals surface area contributed by atoms with E-state index in [9.17, 15) is 13.2 Å². The highest BCUT2D eigenvalue weighted by Gasteiger charge is 2.30. The lowest BCUT2D eigenvalue weighted by atomic mass is 9.97. The number of benzene rings is 1. The Morgan fingerprint density at radius 1 is 1.25 bits per heavy atom. The zero-order chi connectivity index (χ0) is 14.6. The molecule has 1 N–H and O–H groups in total. The number of rotatable bonds is 4. The lowest BCUT2D eigenvalue weighted by molar-refractivity contribution is -0.125. The number of piperidine rings is 1. The number of nitrogens with one attached hydrogen (secondary N) is 1. The van der Waals surface area contributed by atoms with Gasteiger partial charge in [-0.15, -0.1) is 0 Å². The summed E-state index contributed by atoms with van der Waals surface area (Å²) < 4.78 is 26.2. The summed E-state index contributed by atoms with van der Waals surface area (Å²) in [5.41, 5.74) is 0.793. The van der Waals surface area contributed by atoms with Crippen LogP contribution in [-0.4, -0.2) is 38.8 Å². The van der Waals surface area contributed by atoms with Gasteiger partial charge in [-0.05, 0) is 18.4 Å². The number of carbonyl (C=O) groups excluding carboxylic acids is 1. The fourth-order valence-corrected chi connectivity index (χ4v) is 4.04. The van der Waals surface area contributed by atoms with Crippen LogP contribution in [0, 0.1) is 5.92 Å². The van der Waals surface area contributed by atoms with Gasteiger partial charge in [-0.2, -0.15) is 0 Å². The zero-order valence-corrected chi connectivity index (χ0v) is 12.4. The molecule has 2 rings (SSSR count). The fraction of sp³-hybridized carbons (Fsp3) is 0.500. The van der Waals surface area contributed by atoms with E-state index in [1.54, 1.807) is 7.05 Å². The minimum absolute atomic E-state index is 0.00473. The van der Waals surface area contributed by atoms with E-state index in [1.807, 2.05) is 30.3 Å². The first-order valence-corrected chi connectivity index (χ1v) is 8.37. The highest BCUT2D eigenvalue weighted by molar-refractivity contribution is 7.88. The molecule has 1 amide bonds. The van der Waals surface area contributed by atoms with Crippen molar-refractivity contribution < 1.29 is 13.2 Å². The maximum Gasteiger partial charge on any atom is 0.222 e. The van der Waals surface area contributed by atoms with Crippen LogP contribution in [0.5, 0.6) is 0 Å². The predicted molar refractivity (Wildman–Crippen MR) is 77.4 cm³/mol. The van der Waals surface area contributed by atoms with E-state index in [2.05, 4.69) is 5.32 Å². The largest absolute Gasteiger partial charge is 0.359 e. The van der Waals surface area contributed by atoms with Crippen LogP contribution in [-0.2, 0) is 20.6 Å². The molecule has 0 aliphatic carbocycles. The average molecular weight is 296 g/mol. The zero-order valence-electron chi connectivity index (χ0n) is 11.6.